The van der Waals surface area contributed by atoms with Crippen LogP contribution in [0.4, 0.5) is 0 Å². The van der Waals surface area contributed by atoms with Crippen LogP contribution >= 0.6 is 0 Å². The smallest absolute Gasteiger partial charge is 0.303 e. The van der Waals surface area contributed by atoms with Crippen LogP contribution in [0.3, 0.4) is 0 Å². The summed E-state index contributed by atoms with van der Waals surface area (Å²) in [5.41, 5.74) is 0.0950. The van der Waals surface area contributed by atoms with Gasteiger partial charge in [0.2, 0.25) is 0 Å². The zero-order valence-corrected chi connectivity index (χ0v) is 11.0. The Morgan fingerprint density at radius 1 is 1.53 bits per heavy atom. The number of carbonyl (C=O) groups is 1. The molecule has 0 amide bonds. The van der Waals surface area contributed by atoms with Crippen LogP contribution in [0.1, 0.15) is 32.1 Å². The summed E-state index contributed by atoms with van der Waals surface area (Å²) in [5.74, 6) is -0.645. The van der Waals surface area contributed by atoms with Crippen molar-refractivity contribution in [3.63, 3.8) is 0 Å². The first-order valence-corrected chi connectivity index (χ1v) is 6.61. The molecule has 4 nitrogen and oxygen atoms in total. The monoisotopic (exact) mass is 240 g/mol. The predicted molar refractivity (Wildman–Crippen MR) is 67.1 cm³/mol. The molecule has 1 saturated carbocycles. The van der Waals surface area contributed by atoms with Crippen LogP contribution in [0.5, 0.6) is 0 Å². The van der Waals surface area contributed by atoms with Crippen LogP contribution in [-0.4, -0.2) is 60.6 Å². The molecule has 0 aromatic rings. The number of likely N-dealkylation sites (N-methyl/N-ethyl adjacent to an activating group) is 2. The molecule has 1 aliphatic heterocycles. The lowest BCUT2D eigenvalue weighted by atomic mass is 10.0. The van der Waals surface area contributed by atoms with E-state index in [0.29, 0.717) is 12.5 Å². The van der Waals surface area contributed by atoms with E-state index in [-0.39, 0.29) is 5.41 Å². The highest BCUT2D eigenvalue weighted by atomic mass is 16.4. The zero-order chi connectivity index (χ0) is 12.5. The maximum atomic E-state index is 10.8. The van der Waals surface area contributed by atoms with Crippen LogP contribution < -0.4 is 0 Å². The third kappa shape index (κ3) is 3.42. The summed E-state index contributed by atoms with van der Waals surface area (Å²) in [4.78, 5) is 15.6. The van der Waals surface area contributed by atoms with Gasteiger partial charge in [-0.1, -0.05) is 0 Å². The zero-order valence-electron chi connectivity index (χ0n) is 11.0. The number of nitrogens with zero attached hydrogens (tertiary/aromatic N) is 2. The molecule has 1 heterocycles. The fraction of sp³-hybridized carbons (Fsp3) is 0.923. The van der Waals surface area contributed by atoms with Gasteiger partial charge in [-0.05, 0) is 51.7 Å². The second-order valence-electron chi connectivity index (χ2n) is 6.04. The van der Waals surface area contributed by atoms with Gasteiger partial charge in [-0.3, -0.25) is 4.79 Å². The number of rotatable bonds is 6. The summed E-state index contributed by atoms with van der Waals surface area (Å²) in [6, 6.07) is 0.667. The van der Waals surface area contributed by atoms with Gasteiger partial charge in [0.05, 0.1) is 6.42 Å². The SMILES string of the molecule is CN(CC1CCCN1C)CC1(CC(=O)O)CC1. The predicted octanol–water partition coefficient (Wildman–Crippen LogP) is 1.27. The minimum atomic E-state index is -0.645. The molecular formula is C13H24N2O2. The van der Waals surface area contributed by atoms with Gasteiger partial charge in [0.1, 0.15) is 0 Å². The minimum Gasteiger partial charge on any atom is -0.481 e. The van der Waals surface area contributed by atoms with Gasteiger partial charge in [0, 0.05) is 19.1 Å². The van der Waals surface area contributed by atoms with E-state index in [0.717, 1.165) is 25.9 Å². The van der Waals surface area contributed by atoms with E-state index in [4.69, 9.17) is 5.11 Å². The molecule has 4 heteroatoms. The van der Waals surface area contributed by atoms with Crippen LogP contribution in [0.2, 0.25) is 0 Å². The van der Waals surface area contributed by atoms with E-state index in [2.05, 4.69) is 23.9 Å². The van der Waals surface area contributed by atoms with Crippen LogP contribution in [0.15, 0.2) is 0 Å². The molecule has 17 heavy (non-hydrogen) atoms. The Kier molecular flexibility index (Phi) is 3.73. The highest BCUT2D eigenvalue weighted by Crippen LogP contribution is 2.49. The topological polar surface area (TPSA) is 43.8 Å². The van der Waals surface area contributed by atoms with Crippen LogP contribution in [0.25, 0.3) is 0 Å². The van der Waals surface area contributed by atoms with Gasteiger partial charge in [-0.25, -0.2) is 0 Å². The van der Waals surface area contributed by atoms with Gasteiger partial charge in [0.15, 0.2) is 0 Å². The van der Waals surface area contributed by atoms with Gasteiger partial charge in [0.25, 0.3) is 0 Å². The Morgan fingerprint density at radius 3 is 2.71 bits per heavy atom. The number of hydrogen-bond acceptors (Lipinski definition) is 3. The lowest BCUT2D eigenvalue weighted by Crippen LogP contribution is -2.39. The van der Waals surface area contributed by atoms with Gasteiger partial charge in [-0.15, -0.1) is 0 Å². The van der Waals surface area contributed by atoms with Crippen molar-refractivity contribution in [3.8, 4) is 0 Å². The number of hydrogen-bond donors (Lipinski definition) is 1. The molecule has 1 unspecified atom stereocenters. The molecular weight excluding hydrogens is 216 g/mol. The van der Waals surface area contributed by atoms with Crippen molar-refractivity contribution in [2.45, 2.75) is 38.1 Å². The molecule has 1 aliphatic carbocycles. The highest BCUT2D eigenvalue weighted by Gasteiger charge is 2.45. The van der Waals surface area contributed by atoms with E-state index in [1.807, 2.05) is 0 Å². The normalized spacial score (nSPS) is 27.6. The minimum absolute atomic E-state index is 0.0950. The Morgan fingerprint density at radius 2 is 2.24 bits per heavy atom. The Hall–Kier alpha value is -0.610. The maximum Gasteiger partial charge on any atom is 0.303 e. The van der Waals surface area contributed by atoms with E-state index < -0.39 is 5.97 Å². The molecule has 0 bridgehead atoms. The van der Waals surface area contributed by atoms with Crippen molar-refractivity contribution >= 4 is 5.97 Å². The molecule has 0 aromatic carbocycles. The number of carboxylic acid groups (broad SMARTS) is 1. The Balaban J connectivity index is 1.77. The molecule has 2 aliphatic rings. The third-order valence-corrected chi connectivity index (χ3v) is 4.28. The van der Waals surface area contributed by atoms with E-state index in [1.54, 1.807) is 0 Å². The molecule has 98 valence electrons. The van der Waals surface area contributed by atoms with Crippen molar-refractivity contribution in [2.75, 3.05) is 33.7 Å². The fourth-order valence-corrected chi connectivity index (χ4v) is 3.10. The van der Waals surface area contributed by atoms with Gasteiger partial charge in [-0.2, -0.15) is 0 Å². The lowest BCUT2D eigenvalue weighted by molar-refractivity contribution is -0.138. The quantitative estimate of drug-likeness (QED) is 0.759. The van der Waals surface area contributed by atoms with E-state index >= 15 is 0 Å². The lowest BCUT2D eigenvalue weighted by Gasteiger charge is -2.28. The first-order valence-electron chi connectivity index (χ1n) is 6.61. The van der Waals surface area contributed by atoms with Crippen molar-refractivity contribution in [2.24, 2.45) is 5.41 Å². The third-order valence-electron chi connectivity index (χ3n) is 4.28. The van der Waals surface area contributed by atoms with Gasteiger partial charge < -0.3 is 14.9 Å². The summed E-state index contributed by atoms with van der Waals surface area (Å²) in [7, 11) is 4.32. The summed E-state index contributed by atoms with van der Waals surface area (Å²) in [6.07, 6.45) is 5.11. The van der Waals surface area contributed by atoms with Crippen molar-refractivity contribution in [1.29, 1.82) is 0 Å². The van der Waals surface area contributed by atoms with Crippen LogP contribution in [-0.2, 0) is 4.79 Å². The van der Waals surface area contributed by atoms with Crippen molar-refractivity contribution in [1.82, 2.24) is 9.80 Å². The molecule has 1 saturated heterocycles. The molecule has 1 atom stereocenters. The average molecular weight is 240 g/mol. The molecule has 2 fully saturated rings. The van der Waals surface area contributed by atoms with Crippen molar-refractivity contribution in [3.05, 3.63) is 0 Å². The second kappa shape index (κ2) is 4.94. The average Bonchev–Trinajstić information content (AvgIpc) is 2.82. The fourth-order valence-electron chi connectivity index (χ4n) is 3.10. The molecule has 0 spiro atoms. The molecule has 2 rings (SSSR count). The second-order valence-corrected chi connectivity index (χ2v) is 6.04. The number of likely N-dealkylation sites (tertiary alicyclic amines) is 1. The van der Waals surface area contributed by atoms with E-state index in [9.17, 15) is 4.79 Å². The number of aliphatic carboxylic acids is 1. The van der Waals surface area contributed by atoms with Crippen molar-refractivity contribution < 1.29 is 9.90 Å². The first kappa shape index (κ1) is 12.8. The first-order chi connectivity index (χ1) is 8.01. The van der Waals surface area contributed by atoms with Gasteiger partial charge >= 0.3 is 5.97 Å². The summed E-state index contributed by atoms with van der Waals surface area (Å²) in [5, 5.41) is 8.90. The summed E-state index contributed by atoms with van der Waals surface area (Å²) < 4.78 is 0. The number of carboxylic acids is 1. The Labute approximate surface area is 104 Å². The van der Waals surface area contributed by atoms with E-state index in [1.165, 1.54) is 19.4 Å². The van der Waals surface area contributed by atoms with Crippen LogP contribution in [0, 0.1) is 5.41 Å². The Bertz CT molecular complexity index is 289. The molecule has 0 radical (unpaired) electrons. The maximum absolute atomic E-state index is 10.8. The standard InChI is InChI=1S/C13H24N2O2/c1-14(9-11-4-3-7-15(11)2)10-13(5-6-13)8-12(16)17/h11H,3-10H2,1-2H3,(H,16,17). The summed E-state index contributed by atoms with van der Waals surface area (Å²) >= 11 is 0. The molecule has 0 aromatic heterocycles. The molecule has 1 N–H and O–H groups in total. The largest absolute Gasteiger partial charge is 0.481 e. The summed E-state index contributed by atoms with van der Waals surface area (Å²) in [6.45, 7) is 3.24. The highest BCUT2D eigenvalue weighted by molar-refractivity contribution is 5.68.